The monoisotopic (exact) mass is 419 g/mol. The molecular weight excluding hydrogens is 397 g/mol. The Morgan fingerprint density at radius 3 is 2.61 bits per heavy atom. The molecule has 2 atom stereocenters. The lowest BCUT2D eigenvalue weighted by atomic mass is 9.89. The molecule has 3 aromatic carbocycles. The number of carbonyl (C=O) groups is 1. The number of amides is 1. The predicted octanol–water partition coefficient (Wildman–Crippen LogP) is 4.44. The molecular formula is C25H22FNO4. The van der Waals surface area contributed by atoms with Crippen molar-refractivity contribution in [2.24, 2.45) is 0 Å². The van der Waals surface area contributed by atoms with Gasteiger partial charge in [-0.1, -0.05) is 36.4 Å². The highest BCUT2D eigenvalue weighted by molar-refractivity contribution is 5.89. The van der Waals surface area contributed by atoms with E-state index in [1.165, 1.54) is 12.1 Å². The lowest BCUT2D eigenvalue weighted by molar-refractivity contribution is -0.164. The number of benzene rings is 3. The molecule has 6 heteroatoms. The van der Waals surface area contributed by atoms with E-state index in [0.29, 0.717) is 30.2 Å². The zero-order valence-electron chi connectivity index (χ0n) is 17.1. The first kappa shape index (κ1) is 19.4. The molecule has 0 saturated carbocycles. The number of para-hydroxylation sites is 1. The van der Waals surface area contributed by atoms with Crippen molar-refractivity contribution in [2.75, 3.05) is 13.3 Å². The summed E-state index contributed by atoms with van der Waals surface area (Å²) in [5, 5.41) is 0. The van der Waals surface area contributed by atoms with E-state index in [1.807, 2.05) is 54.3 Å². The molecule has 1 fully saturated rings. The molecule has 31 heavy (non-hydrogen) atoms. The van der Waals surface area contributed by atoms with Crippen LogP contribution in [0.15, 0.2) is 66.7 Å². The van der Waals surface area contributed by atoms with Gasteiger partial charge >= 0.3 is 0 Å². The molecule has 0 bridgehead atoms. The quantitative estimate of drug-likeness (QED) is 0.555. The minimum Gasteiger partial charge on any atom is -0.478 e. The van der Waals surface area contributed by atoms with Crippen LogP contribution in [-0.2, 0) is 11.2 Å². The zero-order valence-corrected chi connectivity index (χ0v) is 17.1. The van der Waals surface area contributed by atoms with Gasteiger partial charge in [0.1, 0.15) is 17.6 Å². The van der Waals surface area contributed by atoms with Gasteiger partial charge in [0.15, 0.2) is 11.5 Å². The molecule has 5 nitrogen and oxygen atoms in total. The van der Waals surface area contributed by atoms with Gasteiger partial charge < -0.3 is 19.1 Å². The van der Waals surface area contributed by atoms with Crippen molar-refractivity contribution in [2.45, 2.75) is 25.5 Å². The Hall–Kier alpha value is -3.54. The van der Waals surface area contributed by atoms with Crippen molar-refractivity contribution in [3.05, 3.63) is 89.2 Å². The van der Waals surface area contributed by atoms with E-state index in [2.05, 4.69) is 0 Å². The van der Waals surface area contributed by atoms with E-state index >= 15 is 0 Å². The van der Waals surface area contributed by atoms with E-state index in [4.69, 9.17) is 14.2 Å². The first-order valence-electron chi connectivity index (χ1n) is 10.3. The average molecular weight is 419 g/mol. The molecule has 5 rings (SSSR count). The van der Waals surface area contributed by atoms with E-state index < -0.39 is 6.10 Å². The van der Waals surface area contributed by atoms with Crippen LogP contribution in [0.5, 0.6) is 17.2 Å². The molecule has 0 unspecified atom stereocenters. The lowest BCUT2D eigenvalue weighted by Gasteiger charge is -2.47. The standard InChI is InChI=1S/C25H22FNO4/c1-16-4-2-3-5-20(16)31-24-23(18-8-11-21-22(14-18)30-15-29-21)27(25(24)28)13-12-17-6-9-19(26)10-7-17/h2-11,14,23-24H,12-13,15H2,1H3/t23-,24-/m0/s1. The summed E-state index contributed by atoms with van der Waals surface area (Å²) >= 11 is 0. The second-order valence-corrected chi connectivity index (χ2v) is 7.77. The molecule has 2 aliphatic heterocycles. The number of hydrogen-bond donors (Lipinski definition) is 0. The number of carbonyl (C=O) groups excluding carboxylic acids is 1. The van der Waals surface area contributed by atoms with Gasteiger partial charge in [-0.15, -0.1) is 0 Å². The summed E-state index contributed by atoms with van der Waals surface area (Å²) in [6, 6.07) is 19.5. The summed E-state index contributed by atoms with van der Waals surface area (Å²) in [6.07, 6.45) is 0.0131. The Morgan fingerprint density at radius 1 is 1.03 bits per heavy atom. The van der Waals surface area contributed by atoms with Crippen LogP contribution in [0.1, 0.15) is 22.7 Å². The van der Waals surface area contributed by atoms with Gasteiger partial charge in [0.05, 0.1) is 0 Å². The first-order chi connectivity index (χ1) is 15.1. The van der Waals surface area contributed by atoms with Gasteiger partial charge in [-0.3, -0.25) is 4.79 Å². The number of nitrogens with zero attached hydrogens (tertiary/aromatic N) is 1. The molecule has 2 heterocycles. The van der Waals surface area contributed by atoms with Crippen LogP contribution in [-0.4, -0.2) is 30.2 Å². The Labute approximate surface area is 180 Å². The Bertz CT molecular complexity index is 1110. The zero-order chi connectivity index (χ0) is 21.4. The number of halogens is 1. The molecule has 1 saturated heterocycles. The summed E-state index contributed by atoms with van der Waals surface area (Å²) in [5.74, 6) is 1.74. The predicted molar refractivity (Wildman–Crippen MR) is 113 cm³/mol. The molecule has 3 aromatic rings. The van der Waals surface area contributed by atoms with Crippen LogP contribution in [0, 0.1) is 12.7 Å². The third-order valence-corrected chi connectivity index (χ3v) is 5.79. The largest absolute Gasteiger partial charge is 0.478 e. The highest BCUT2D eigenvalue weighted by Gasteiger charge is 2.50. The van der Waals surface area contributed by atoms with Gasteiger partial charge in [0.2, 0.25) is 12.9 Å². The van der Waals surface area contributed by atoms with Crippen LogP contribution >= 0.6 is 0 Å². The highest BCUT2D eigenvalue weighted by Crippen LogP contribution is 2.42. The topological polar surface area (TPSA) is 48.0 Å². The molecule has 0 aliphatic carbocycles. The maximum absolute atomic E-state index is 13.2. The fourth-order valence-corrected chi connectivity index (χ4v) is 4.06. The Balaban J connectivity index is 1.40. The number of fused-ring (bicyclic) bond motifs is 1. The minimum atomic E-state index is -0.616. The second-order valence-electron chi connectivity index (χ2n) is 7.77. The molecule has 0 aromatic heterocycles. The van der Waals surface area contributed by atoms with Gasteiger partial charge in [0.25, 0.3) is 5.91 Å². The van der Waals surface area contributed by atoms with E-state index in [1.54, 1.807) is 12.1 Å². The number of ether oxygens (including phenoxy) is 3. The average Bonchev–Trinajstić information content (AvgIpc) is 3.25. The summed E-state index contributed by atoms with van der Waals surface area (Å²) in [7, 11) is 0. The Morgan fingerprint density at radius 2 is 1.81 bits per heavy atom. The third kappa shape index (κ3) is 3.69. The number of β-lactam (4-membered cyclic amide) rings is 1. The van der Waals surface area contributed by atoms with Gasteiger partial charge in [-0.2, -0.15) is 0 Å². The third-order valence-electron chi connectivity index (χ3n) is 5.79. The highest BCUT2D eigenvalue weighted by atomic mass is 19.1. The van der Waals surface area contributed by atoms with E-state index in [-0.39, 0.29) is 24.6 Å². The van der Waals surface area contributed by atoms with Crippen molar-refractivity contribution < 1.29 is 23.4 Å². The van der Waals surface area contributed by atoms with Gasteiger partial charge in [-0.05, 0) is 60.4 Å². The summed E-state index contributed by atoms with van der Waals surface area (Å²) in [6.45, 7) is 2.66. The number of aryl methyl sites for hydroxylation is 1. The van der Waals surface area contributed by atoms with E-state index in [0.717, 1.165) is 16.7 Å². The lowest BCUT2D eigenvalue weighted by Crippen LogP contribution is -2.61. The van der Waals surface area contributed by atoms with Gasteiger partial charge in [0, 0.05) is 6.54 Å². The molecule has 0 N–H and O–H groups in total. The number of hydrogen-bond acceptors (Lipinski definition) is 4. The molecule has 158 valence electrons. The second kappa shape index (κ2) is 7.95. The maximum atomic E-state index is 13.2. The van der Waals surface area contributed by atoms with Crippen LogP contribution < -0.4 is 14.2 Å². The minimum absolute atomic E-state index is 0.0620. The van der Waals surface area contributed by atoms with Gasteiger partial charge in [-0.25, -0.2) is 4.39 Å². The van der Waals surface area contributed by atoms with Crippen molar-refractivity contribution in [3.8, 4) is 17.2 Å². The van der Waals surface area contributed by atoms with Crippen LogP contribution in [0.3, 0.4) is 0 Å². The van der Waals surface area contributed by atoms with Crippen molar-refractivity contribution >= 4 is 5.91 Å². The normalized spacial score (nSPS) is 19.3. The molecule has 2 aliphatic rings. The van der Waals surface area contributed by atoms with Crippen LogP contribution in [0.25, 0.3) is 0 Å². The number of likely N-dealkylation sites (tertiary alicyclic amines) is 1. The smallest absolute Gasteiger partial charge is 0.266 e. The summed E-state index contributed by atoms with van der Waals surface area (Å²) < 4.78 is 30.3. The summed E-state index contributed by atoms with van der Waals surface area (Å²) in [4.78, 5) is 14.9. The molecule has 1 amide bonds. The maximum Gasteiger partial charge on any atom is 0.266 e. The van der Waals surface area contributed by atoms with Crippen molar-refractivity contribution in [1.82, 2.24) is 4.90 Å². The molecule has 0 spiro atoms. The molecule has 0 radical (unpaired) electrons. The SMILES string of the molecule is Cc1ccccc1O[C@@H]1C(=O)N(CCc2ccc(F)cc2)[C@H]1c1ccc2c(c1)OCO2. The first-order valence-corrected chi connectivity index (χ1v) is 10.3. The summed E-state index contributed by atoms with van der Waals surface area (Å²) in [5.41, 5.74) is 2.88. The van der Waals surface area contributed by atoms with Crippen LogP contribution in [0.2, 0.25) is 0 Å². The van der Waals surface area contributed by atoms with E-state index in [9.17, 15) is 9.18 Å². The fourth-order valence-electron chi connectivity index (χ4n) is 4.06. The fraction of sp³-hybridized carbons (Fsp3) is 0.240. The van der Waals surface area contributed by atoms with Crippen LogP contribution in [0.4, 0.5) is 4.39 Å². The Kier molecular flexibility index (Phi) is 4.98. The van der Waals surface area contributed by atoms with Crippen molar-refractivity contribution in [3.63, 3.8) is 0 Å². The number of rotatable bonds is 6. The van der Waals surface area contributed by atoms with Crippen molar-refractivity contribution in [1.29, 1.82) is 0 Å².